The third-order valence-electron chi connectivity index (χ3n) is 4.05. The van der Waals surface area contributed by atoms with E-state index in [0.717, 1.165) is 31.6 Å². The maximum Gasteiger partial charge on any atom is 0.271 e. The highest BCUT2D eigenvalue weighted by molar-refractivity contribution is 6.33. The predicted octanol–water partition coefficient (Wildman–Crippen LogP) is 3.05. The number of nitro benzene ring substituents is 1. The lowest BCUT2D eigenvalue weighted by Crippen LogP contribution is -2.20. The first-order valence-corrected chi connectivity index (χ1v) is 7.57. The van der Waals surface area contributed by atoms with Gasteiger partial charge in [0.05, 0.1) is 21.8 Å². The van der Waals surface area contributed by atoms with E-state index in [9.17, 15) is 10.1 Å². The number of halogens is 1. The van der Waals surface area contributed by atoms with Gasteiger partial charge in [-0.3, -0.25) is 14.8 Å². The summed E-state index contributed by atoms with van der Waals surface area (Å²) in [6.07, 6.45) is 6.03. The van der Waals surface area contributed by atoms with E-state index in [-0.39, 0.29) is 5.69 Å². The lowest BCUT2D eigenvalue weighted by atomic mass is 10.0. The minimum atomic E-state index is -0.426. The molecular formula is C15H17ClN4O2. The average molecular weight is 321 g/mol. The molecule has 0 radical (unpaired) electrons. The first-order valence-electron chi connectivity index (χ1n) is 7.19. The number of hydrogen-bond donors (Lipinski definition) is 0. The highest BCUT2D eigenvalue weighted by Gasteiger charge is 2.25. The molecular weight excluding hydrogens is 304 g/mol. The van der Waals surface area contributed by atoms with Crippen LogP contribution in [0.1, 0.15) is 12.0 Å². The van der Waals surface area contributed by atoms with Crippen LogP contribution in [0.5, 0.6) is 0 Å². The van der Waals surface area contributed by atoms with Gasteiger partial charge in [0.1, 0.15) is 0 Å². The lowest BCUT2D eigenvalue weighted by Gasteiger charge is -2.19. The average Bonchev–Trinajstić information content (AvgIpc) is 3.08. The number of hydrogen-bond acceptors (Lipinski definition) is 4. The van der Waals surface area contributed by atoms with Crippen molar-refractivity contribution in [3.63, 3.8) is 0 Å². The van der Waals surface area contributed by atoms with Crippen molar-refractivity contribution < 1.29 is 4.92 Å². The fraction of sp³-hybridized carbons (Fsp3) is 0.400. The van der Waals surface area contributed by atoms with E-state index >= 15 is 0 Å². The van der Waals surface area contributed by atoms with Gasteiger partial charge in [-0.15, -0.1) is 0 Å². The summed E-state index contributed by atoms with van der Waals surface area (Å²) in [5, 5.41) is 15.4. The van der Waals surface area contributed by atoms with E-state index < -0.39 is 4.92 Å². The number of aromatic nitrogens is 2. The molecule has 0 N–H and O–H groups in total. The van der Waals surface area contributed by atoms with Gasteiger partial charge in [0.25, 0.3) is 5.69 Å². The van der Waals surface area contributed by atoms with Gasteiger partial charge in [-0.2, -0.15) is 5.10 Å². The molecule has 0 aliphatic carbocycles. The summed E-state index contributed by atoms with van der Waals surface area (Å²) in [5.74, 6) is 0.551. The number of rotatable bonds is 4. The SMILES string of the molecule is Cn1cc(CC2CCN(c3ccc([N+](=O)[O-])cc3Cl)C2)cn1. The van der Waals surface area contributed by atoms with Crippen molar-refractivity contribution in [2.24, 2.45) is 13.0 Å². The van der Waals surface area contributed by atoms with E-state index in [1.807, 2.05) is 24.1 Å². The van der Waals surface area contributed by atoms with Crippen molar-refractivity contribution in [1.29, 1.82) is 0 Å². The zero-order valence-corrected chi connectivity index (χ0v) is 13.0. The molecule has 3 rings (SSSR count). The summed E-state index contributed by atoms with van der Waals surface area (Å²) in [5.41, 5.74) is 2.14. The molecule has 6 nitrogen and oxygen atoms in total. The van der Waals surface area contributed by atoms with Crippen molar-refractivity contribution >= 4 is 23.0 Å². The first-order chi connectivity index (χ1) is 10.5. The third kappa shape index (κ3) is 3.06. The number of nitrogens with zero attached hydrogens (tertiary/aromatic N) is 4. The molecule has 0 saturated carbocycles. The van der Waals surface area contributed by atoms with E-state index in [4.69, 9.17) is 11.6 Å². The van der Waals surface area contributed by atoms with E-state index in [1.165, 1.54) is 17.7 Å². The van der Waals surface area contributed by atoms with Crippen LogP contribution in [0.25, 0.3) is 0 Å². The molecule has 1 fully saturated rings. The molecule has 0 bridgehead atoms. The molecule has 22 heavy (non-hydrogen) atoms. The molecule has 1 aliphatic rings. The zero-order valence-electron chi connectivity index (χ0n) is 12.3. The van der Waals surface area contributed by atoms with Gasteiger partial charge in [-0.1, -0.05) is 11.6 Å². The molecule has 1 aromatic carbocycles. The van der Waals surface area contributed by atoms with Crippen LogP contribution in [0, 0.1) is 16.0 Å². The summed E-state index contributed by atoms with van der Waals surface area (Å²) in [6, 6.07) is 4.67. The van der Waals surface area contributed by atoms with Crippen molar-refractivity contribution in [1.82, 2.24) is 9.78 Å². The number of aryl methyl sites for hydroxylation is 1. The molecule has 0 spiro atoms. The number of non-ortho nitro benzene ring substituents is 1. The van der Waals surface area contributed by atoms with Crippen LogP contribution in [0.2, 0.25) is 5.02 Å². The normalized spacial score (nSPS) is 17.9. The molecule has 2 heterocycles. The molecule has 7 heteroatoms. The Kier molecular flexibility index (Phi) is 4.02. The van der Waals surface area contributed by atoms with Gasteiger partial charge in [0, 0.05) is 38.5 Å². The molecule has 1 aromatic heterocycles. The first kappa shape index (κ1) is 14.8. The quantitative estimate of drug-likeness (QED) is 0.641. The van der Waals surface area contributed by atoms with Crippen LogP contribution in [0.4, 0.5) is 11.4 Å². The van der Waals surface area contributed by atoms with E-state index in [2.05, 4.69) is 10.00 Å². The minimum absolute atomic E-state index is 0.0276. The Morgan fingerprint density at radius 1 is 1.50 bits per heavy atom. The largest absolute Gasteiger partial charge is 0.370 e. The summed E-state index contributed by atoms with van der Waals surface area (Å²) < 4.78 is 1.81. The fourth-order valence-corrected chi connectivity index (χ4v) is 3.29. The Morgan fingerprint density at radius 2 is 2.32 bits per heavy atom. The van der Waals surface area contributed by atoms with Gasteiger partial charge >= 0.3 is 0 Å². The highest BCUT2D eigenvalue weighted by Crippen LogP contribution is 2.33. The predicted molar refractivity (Wildman–Crippen MR) is 85.3 cm³/mol. The molecule has 116 valence electrons. The number of benzene rings is 1. The third-order valence-corrected chi connectivity index (χ3v) is 4.35. The second-order valence-corrected chi connectivity index (χ2v) is 6.13. The molecule has 2 aromatic rings. The Bertz CT molecular complexity index is 701. The topological polar surface area (TPSA) is 64.2 Å². The smallest absolute Gasteiger partial charge is 0.271 e. The second-order valence-electron chi connectivity index (χ2n) is 5.72. The van der Waals surface area contributed by atoms with Crippen molar-refractivity contribution in [3.8, 4) is 0 Å². The maximum absolute atomic E-state index is 10.8. The highest BCUT2D eigenvalue weighted by atomic mass is 35.5. The number of nitro groups is 1. The van der Waals surface area contributed by atoms with Crippen molar-refractivity contribution in [2.45, 2.75) is 12.8 Å². The van der Waals surface area contributed by atoms with Gasteiger partial charge < -0.3 is 4.90 Å². The Morgan fingerprint density at radius 3 is 2.95 bits per heavy atom. The zero-order chi connectivity index (χ0) is 15.7. The molecule has 1 saturated heterocycles. The van der Waals surface area contributed by atoms with Gasteiger partial charge in [-0.05, 0) is 30.4 Å². The minimum Gasteiger partial charge on any atom is -0.370 e. The van der Waals surface area contributed by atoms with Crippen LogP contribution in [-0.2, 0) is 13.5 Å². The molecule has 0 amide bonds. The Labute approximate surface area is 133 Å². The van der Waals surface area contributed by atoms with Crippen molar-refractivity contribution in [2.75, 3.05) is 18.0 Å². The molecule has 1 unspecified atom stereocenters. The second kappa shape index (κ2) is 5.96. The Balaban J connectivity index is 1.68. The van der Waals surface area contributed by atoms with E-state index in [0.29, 0.717) is 10.9 Å². The van der Waals surface area contributed by atoms with Gasteiger partial charge in [0.15, 0.2) is 0 Å². The van der Waals surface area contributed by atoms with E-state index in [1.54, 1.807) is 6.07 Å². The molecule has 1 aliphatic heterocycles. The fourth-order valence-electron chi connectivity index (χ4n) is 2.99. The van der Waals surface area contributed by atoms with Crippen LogP contribution in [0.3, 0.4) is 0 Å². The van der Waals surface area contributed by atoms with Crippen LogP contribution >= 0.6 is 11.6 Å². The van der Waals surface area contributed by atoms with Crippen molar-refractivity contribution in [3.05, 3.63) is 51.3 Å². The van der Waals surface area contributed by atoms with Crippen LogP contribution in [-0.4, -0.2) is 27.8 Å². The van der Waals surface area contributed by atoms with Crippen LogP contribution in [0.15, 0.2) is 30.6 Å². The standard InChI is InChI=1S/C15H17ClN4O2/c1-18-9-12(8-17-18)6-11-4-5-19(10-11)15-3-2-13(20(21)22)7-14(15)16/h2-3,7-9,11H,4-6,10H2,1H3. The Hall–Kier alpha value is -2.08. The van der Waals surface area contributed by atoms with Crippen LogP contribution < -0.4 is 4.90 Å². The number of anilines is 1. The summed E-state index contributed by atoms with van der Waals surface area (Å²) in [6.45, 7) is 1.83. The summed E-state index contributed by atoms with van der Waals surface area (Å²) in [4.78, 5) is 12.5. The summed E-state index contributed by atoms with van der Waals surface area (Å²) in [7, 11) is 1.92. The molecule has 1 atom stereocenters. The summed E-state index contributed by atoms with van der Waals surface area (Å²) >= 11 is 6.21. The maximum atomic E-state index is 10.8. The van der Waals surface area contributed by atoms with Gasteiger partial charge in [-0.25, -0.2) is 0 Å². The monoisotopic (exact) mass is 320 g/mol. The lowest BCUT2D eigenvalue weighted by molar-refractivity contribution is -0.384. The van der Waals surface area contributed by atoms with Gasteiger partial charge in [0.2, 0.25) is 0 Å².